The summed E-state index contributed by atoms with van der Waals surface area (Å²) in [6.45, 7) is 4.21. The van der Waals surface area contributed by atoms with Crippen molar-refractivity contribution in [2.75, 3.05) is 13.2 Å². The van der Waals surface area contributed by atoms with Gasteiger partial charge in [-0.05, 0) is 54.8 Å². The second-order valence-corrected chi connectivity index (χ2v) is 5.24. The molecule has 0 aliphatic heterocycles. The van der Waals surface area contributed by atoms with Crippen molar-refractivity contribution in [1.29, 1.82) is 0 Å². The molecule has 0 unspecified atom stereocenters. The van der Waals surface area contributed by atoms with Crippen molar-refractivity contribution in [1.82, 2.24) is 5.43 Å². The van der Waals surface area contributed by atoms with Crippen molar-refractivity contribution in [2.24, 2.45) is 5.10 Å². The van der Waals surface area contributed by atoms with Gasteiger partial charge in [0.2, 0.25) is 0 Å². The number of rotatable bonds is 8. The first-order valence-corrected chi connectivity index (χ1v) is 8.11. The van der Waals surface area contributed by atoms with E-state index in [0.29, 0.717) is 23.7 Å². The molecule has 0 aliphatic carbocycles. The van der Waals surface area contributed by atoms with Crippen LogP contribution in [0.15, 0.2) is 47.6 Å². The number of amides is 1. The molecule has 6 heteroatoms. The maximum absolute atomic E-state index is 11.8. The normalized spacial score (nSPS) is 10.6. The molecule has 25 heavy (non-hydrogen) atoms. The molecular formula is C19H22N2O4. The highest BCUT2D eigenvalue weighted by Gasteiger charge is 2.04. The van der Waals surface area contributed by atoms with E-state index in [1.807, 2.05) is 25.1 Å². The van der Waals surface area contributed by atoms with E-state index in [1.165, 1.54) is 12.3 Å². The van der Waals surface area contributed by atoms with Crippen LogP contribution in [0.3, 0.4) is 0 Å². The molecule has 0 atom stereocenters. The Labute approximate surface area is 147 Å². The third kappa shape index (κ3) is 5.84. The Balaban J connectivity index is 1.84. The Hall–Kier alpha value is -3.02. The maximum Gasteiger partial charge on any atom is 0.277 e. The summed E-state index contributed by atoms with van der Waals surface area (Å²) in [7, 11) is 0. The summed E-state index contributed by atoms with van der Waals surface area (Å²) >= 11 is 0. The Morgan fingerprint density at radius 2 is 2.04 bits per heavy atom. The lowest BCUT2D eigenvalue weighted by molar-refractivity contribution is -0.123. The highest BCUT2D eigenvalue weighted by Crippen LogP contribution is 2.26. The van der Waals surface area contributed by atoms with Crippen LogP contribution in [0.1, 0.15) is 25.0 Å². The van der Waals surface area contributed by atoms with E-state index in [0.717, 1.165) is 12.0 Å². The van der Waals surface area contributed by atoms with Gasteiger partial charge in [0.05, 0.1) is 12.8 Å². The zero-order valence-corrected chi connectivity index (χ0v) is 14.4. The standard InChI is InChI=1S/C19H22N2O4/c1-3-14-6-5-7-16(10-14)25-13-19(23)21-20-12-15-8-9-17(22)18(11-15)24-4-2/h5-12,22H,3-4,13H2,1-2H3,(H,21,23)/b20-12+. The fourth-order valence-electron chi connectivity index (χ4n) is 2.10. The number of hydrazone groups is 1. The maximum atomic E-state index is 11.8. The molecule has 0 saturated carbocycles. The largest absolute Gasteiger partial charge is 0.504 e. The summed E-state index contributed by atoms with van der Waals surface area (Å²) in [5, 5.41) is 13.5. The first kappa shape index (κ1) is 18.3. The number of benzene rings is 2. The quantitative estimate of drug-likeness (QED) is 0.571. The van der Waals surface area contributed by atoms with E-state index >= 15 is 0 Å². The zero-order valence-electron chi connectivity index (χ0n) is 14.4. The molecule has 0 aromatic heterocycles. The molecule has 0 saturated heterocycles. The Morgan fingerprint density at radius 3 is 2.80 bits per heavy atom. The number of carbonyl (C=O) groups excluding carboxylic acids is 1. The number of nitrogens with zero attached hydrogens (tertiary/aromatic N) is 1. The average Bonchev–Trinajstić information content (AvgIpc) is 2.63. The van der Waals surface area contributed by atoms with Gasteiger partial charge in [-0.15, -0.1) is 0 Å². The van der Waals surface area contributed by atoms with Crippen LogP contribution >= 0.6 is 0 Å². The van der Waals surface area contributed by atoms with Crippen LogP contribution in [0.4, 0.5) is 0 Å². The minimum Gasteiger partial charge on any atom is -0.504 e. The van der Waals surface area contributed by atoms with E-state index in [-0.39, 0.29) is 18.3 Å². The highest BCUT2D eigenvalue weighted by molar-refractivity contribution is 5.83. The SMILES string of the molecule is CCOc1cc(/C=N/NC(=O)COc2cccc(CC)c2)ccc1O. The predicted octanol–water partition coefficient (Wildman–Crippen LogP) is 2.88. The number of hydrogen-bond acceptors (Lipinski definition) is 5. The molecule has 0 radical (unpaired) electrons. The molecule has 2 N–H and O–H groups in total. The summed E-state index contributed by atoms with van der Waals surface area (Å²) in [5.41, 5.74) is 4.24. The van der Waals surface area contributed by atoms with E-state index in [9.17, 15) is 9.90 Å². The number of nitrogens with one attached hydrogen (secondary N) is 1. The Morgan fingerprint density at radius 1 is 1.20 bits per heavy atom. The molecule has 2 rings (SSSR count). The summed E-state index contributed by atoms with van der Waals surface area (Å²) in [6.07, 6.45) is 2.38. The summed E-state index contributed by atoms with van der Waals surface area (Å²) in [5.74, 6) is 0.725. The molecule has 132 valence electrons. The zero-order chi connectivity index (χ0) is 18.1. The third-order valence-electron chi connectivity index (χ3n) is 3.36. The second kappa shape index (κ2) is 9.32. The van der Waals surface area contributed by atoms with Crippen LogP contribution in [0.25, 0.3) is 0 Å². The van der Waals surface area contributed by atoms with Crippen LogP contribution in [-0.4, -0.2) is 30.4 Å². The van der Waals surface area contributed by atoms with Crippen molar-refractivity contribution in [3.63, 3.8) is 0 Å². The first-order valence-electron chi connectivity index (χ1n) is 8.11. The van der Waals surface area contributed by atoms with Crippen molar-refractivity contribution in [3.05, 3.63) is 53.6 Å². The van der Waals surface area contributed by atoms with E-state index in [4.69, 9.17) is 9.47 Å². The Kier molecular flexibility index (Phi) is 6.83. The van der Waals surface area contributed by atoms with Gasteiger partial charge in [0, 0.05) is 0 Å². The number of aromatic hydroxyl groups is 1. The van der Waals surface area contributed by atoms with Gasteiger partial charge >= 0.3 is 0 Å². The molecule has 2 aromatic carbocycles. The van der Waals surface area contributed by atoms with Gasteiger partial charge in [-0.25, -0.2) is 5.43 Å². The van der Waals surface area contributed by atoms with Crippen LogP contribution in [0.5, 0.6) is 17.2 Å². The minimum atomic E-state index is -0.359. The van der Waals surface area contributed by atoms with E-state index in [2.05, 4.69) is 17.5 Å². The molecule has 6 nitrogen and oxygen atoms in total. The summed E-state index contributed by atoms with van der Waals surface area (Å²) in [6, 6.07) is 12.4. The lowest BCUT2D eigenvalue weighted by atomic mass is 10.2. The lowest BCUT2D eigenvalue weighted by Gasteiger charge is -2.07. The van der Waals surface area contributed by atoms with Crippen LogP contribution < -0.4 is 14.9 Å². The number of phenolic OH excluding ortho intramolecular Hbond substituents is 1. The fraction of sp³-hybridized carbons (Fsp3) is 0.263. The van der Waals surface area contributed by atoms with Crippen molar-refractivity contribution in [2.45, 2.75) is 20.3 Å². The van der Waals surface area contributed by atoms with Gasteiger partial charge in [-0.2, -0.15) is 5.10 Å². The van der Waals surface area contributed by atoms with Crippen LogP contribution in [-0.2, 0) is 11.2 Å². The van der Waals surface area contributed by atoms with E-state index < -0.39 is 0 Å². The van der Waals surface area contributed by atoms with Crippen molar-refractivity contribution < 1.29 is 19.4 Å². The molecule has 1 amide bonds. The predicted molar refractivity (Wildman–Crippen MR) is 96.3 cm³/mol. The van der Waals surface area contributed by atoms with E-state index in [1.54, 1.807) is 18.2 Å². The fourth-order valence-corrected chi connectivity index (χ4v) is 2.10. The molecule has 0 bridgehead atoms. The molecule has 0 aliphatic rings. The topological polar surface area (TPSA) is 80.2 Å². The molecular weight excluding hydrogens is 320 g/mol. The van der Waals surface area contributed by atoms with Crippen LogP contribution in [0.2, 0.25) is 0 Å². The minimum absolute atomic E-state index is 0.0609. The number of phenols is 1. The van der Waals surface area contributed by atoms with Gasteiger partial charge in [-0.3, -0.25) is 4.79 Å². The third-order valence-corrected chi connectivity index (χ3v) is 3.36. The van der Waals surface area contributed by atoms with Gasteiger partial charge in [0.1, 0.15) is 5.75 Å². The highest BCUT2D eigenvalue weighted by atomic mass is 16.5. The smallest absolute Gasteiger partial charge is 0.277 e. The molecule has 0 spiro atoms. The summed E-state index contributed by atoms with van der Waals surface area (Å²) in [4.78, 5) is 11.8. The second-order valence-electron chi connectivity index (χ2n) is 5.24. The lowest BCUT2D eigenvalue weighted by Crippen LogP contribution is -2.24. The molecule has 0 heterocycles. The van der Waals surface area contributed by atoms with Gasteiger partial charge in [0.25, 0.3) is 5.91 Å². The number of aryl methyl sites for hydroxylation is 1. The van der Waals surface area contributed by atoms with Crippen molar-refractivity contribution >= 4 is 12.1 Å². The first-order chi connectivity index (χ1) is 12.1. The van der Waals surface area contributed by atoms with Gasteiger partial charge < -0.3 is 14.6 Å². The number of carbonyl (C=O) groups is 1. The Bertz CT molecular complexity index is 744. The van der Waals surface area contributed by atoms with Crippen LogP contribution in [0, 0.1) is 0 Å². The van der Waals surface area contributed by atoms with Gasteiger partial charge in [0.15, 0.2) is 18.1 Å². The average molecular weight is 342 g/mol. The monoisotopic (exact) mass is 342 g/mol. The van der Waals surface area contributed by atoms with Crippen molar-refractivity contribution in [3.8, 4) is 17.2 Å². The van der Waals surface area contributed by atoms with Gasteiger partial charge in [-0.1, -0.05) is 19.1 Å². The number of hydrogen-bond donors (Lipinski definition) is 2. The summed E-state index contributed by atoms with van der Waals surface area (Å²) < 4.78 is 10.7. The molecule has 0 fully saturated rings. The molecule has 2 aromatic rings. The number of ether oxygens (including phenoxy) is 2.